The largest absolute Gasteiger partial charge is 0.192 e. The summed E-state index contributed by atoms with van der Waals surface area (Å²) in [5.41, 5.74) is 5.67. The predicted molar refractivity (Wildman–Crippen MR) is 80.1 cm³/mol. The zero-order valence-electron chi connectivity index (χ0n) is 11.8. The molecule has 1 heteroatoms. The average Bonchev–Trinajstić information content (AvgIpc) is 2.46. The minimum atomic E-state index is 0.364. The fraction of sp³-hybridized carbons (Fsp3) is 0.278. The lowest BCUT2D eigenvalue weighted by molar-refractivity contribution is 0.861. The van der Waals surface area contributed by atoms with E-state index in [1.54, 1.807) is 0 Å². The predicted octanol–water partition coefficient (Wildman–Crippen LogP) is 4.91. The fourth-order valence-corrected chi connectivity index (χ4v) is 2.41. The quantitative estimate of drug-likeness (QED) is 0.758. The monoisotopic (exact) mass is 249 g/mol. The molecule has 0 radical (unpaired) electrons. The molecule has 2 aromatic rings. The molecule has 1 nitrogen and oxygen atoms in total. The smallest absolute Gasteiger partial charge is 0.0994 e. The third-order valence-electron chi connectivity index (χ3n) is 3.48. The first kappa shape index (κ1) is 13.4. The van der Waals surface area contributed by atoms with E-state index < -0.39 is 0 Å². The Morgan fingerprint density at radius 2 is 1.79 bits per heavy atom. The zero-order chi connectivity index (χ0) is 13.8. The molecule has 0 amide bonds. The zero-order valence-corrected chi connectivity index (χ0v) is 11.8. The van der Waals surface area contributed by atoms with Gasteiger partial charge in [0.2, 0.25) is 0 Å². The molecule has 0 aliphatic rings. The van der Waals surface area contributed by atoms with E-state index in [9.17, 15) is 5.26 Å². The van der Waals surface area contributed by atoms with Crippen LogP contribution in [0.5, 0.6) is 0 Å². The van der Waals surface area contributed by atoms with E-state index in [1.165, 1.54) is 16.7 Å². The summed E-state index contributed by atoms with van der Waals surface area (Å²) in [7, 11) is 0. The molecule has 19 heavy (non-hydrogen) atoms. The Kier molecular flexibility index (Phi) is 4.02. The van der Waals surface area contributed by atoms with Crippen LogP contribution < -0.4 is 0 Å². The fourth-order valence-electron chi connectivity index (χ4n) is 2.41. The van der Waals surface area contributed by atoms with Crippen LogP contribution in [-0.4, -0.2) is 0 Å². The molecule has 0 unspecified atom stereocenters. The third-order valence-corrected chi connectivity index (χ3v) is 3.48. The second-order valence-corrected chi connectivity index (χ2v) is 5.08. The van der Waals surface area contributed by atoms with Crippen molar-refractivity contribution in [1.29, 1.82) is 5.26 Å². The summed E-state index contributed by atoms with van der Waals surface area (Å²) in [5, 5.41) is 9.30. The molecule has 0 spiro atoms. The Bertz CT molecular complexity index is 604. The van der Waals surface area contributed by atoms with Crippen molar-refractivity contribution in [1.82, 2.24) is 0 Å². The van der Waals surface area contributed by atoms with Crippen LogP contribution >= 0.6 is 0 Å². The molecular formula is C18H19N. The highest BCUT2D eigenvalue weighted by Crippen LogP contribution is 2.30. The molecule has 0 aliphatic carbocycles. The number of nitrogens with zero attached hydrogens (tertiary/aromatic N) is 1. The van der Waals surface area contributed by atoms with E-state index in [0.717, 1.165) is 17.5 Å². The lowest BCUT2D eigenvalue weighted by Gasteiger charge is -2.15. The van der Waals surface area contributed by atoms with Crippen LogP contribution in [0.1, 0.15) is 43.4 Å². The molecule has 0 saturated heterocycles. The Hall–Kier alpha value is -2.07. The maximum Gasteiger partial charge on any atom is 0.0994 e. The maximum absolute atomic E-state index is 9.30. The van der Waals surface area contributed by atoms with Gasteiger partial charge in [0.15, 0.2) is 0 Å². The molecule has 0 saturated carbocycles. The van der Waals surface area contributed by atoms with E-state index in [2.05, 4.69) is 63.2 Å². The number of hydrogen-bond donors (Lipinski definition) is 0. The van der Waals surface area contributed by atoms with Crippen LogP contribution in [0.4, 0.5) is 0 Å². The normalized spacial score (nSPS) is 10.5. The van der Waals surface area contributed by atoms with Gasteiger partial charge < -0.3 is 0 Å². The first-order valence-corrected chi connectivity index (χ1v) is 6.79. The minimum absolute atomic E-state index is 0.364. The van der Waals surface area contributed by atoms with Crippen molar-refractivity contribution < 1.29 is 0 Å². The SMILES string of the molecule is CCc1cc(C#N)c(C(C)C)cc1-c1ccccc1. The lowest BCUT2D eigenvalue weighted by atomic mass is 9.89. The third kappa shape index (κ3) is 2.69. The van der Waals surface area contributed by atoms with Gasteiger partial charge in [0.1, 0.15) is 0 Å². The van der Waals surface area contributed by atoms with Gasteiger partial charge in [-0.1, -0.05) is 51.1 Å². The molecule has 0 N–H and O–H groups in total. The topological polar surface area (TPSA) is 23.8 Å². The van der Waals surface area contributed by atoms with Crippen LogP contribution in [0.2, 0.25) is 0 Å². The molecule has 0 heterocycles. The summed E-state index contributed by atoms with van der Waals surface area (Å²) in [6, 6.07) is 17.0. The summed E-state index contributed by atoms with van der Waals surface area (Å²) in [5.74, 6) is 0.364. The van der Waals surface area contributed by atoms with E-state index >= 15 is 0 Å². The van der Waals surface area contributed by atoms with Crippen LogP contribution in [-0.2, 0) is 6.42 Å². The number of hydrogen-bond acceptors (Lipinski definition) is 1. The van der Waals surface area contributed by atoms with Gasteiger partial charge in [-0.15, -0.1) is 0 Å². The number of aryl methyl sites for hydroxylation is 1. The van der Waals surface area contributed by atoms with Gasteiger partial charge in [-0.3, -0.25) is 0 Å². The van der Waals surface area contributed by atoms with Crippen molar-refractivity contribution in [3.05, 3.63) is 59.2 Å². The first-order valence-electron chi connectivity index (χ1n) is 6.79. The van der Waals surface area contributed by atoms with Crippen molar-refractivity contribution in [3.63, 3.8) is 0 Å². The van der Waals surface area contributed by atoms with E-state index in [0.29, 0.717) is 5.92 Å². The van der Waals surface area contributed by atoms with Crippen LogP contribution in [0, 0.1) is 11.3 Å². The highest BCUT2D eigenvalue weighted by molar-refractivity contribution is 5.70. The van der Waals surface area contributed by atoms with Crippen molar-refractivity contribution in [2.24, 2.45) is 0 Å². The second kappa shape index (κ2) is 5.71. The standard InChI is InChI=1S/C18H19N/c1-4-14-10-16(12-19)17(13(2)3)11-18(14)15-8-6-5-7-9-15/h5-11,13H,4H2,1-3H3. The Labute approximate surface area is 115 Å². The molecule has 96 valence electrons. The summed E-state index contributed by atoms with van der Waals surface area (Å²) in [4.78, 5) is 0. The van der Waals surface area contributed by atoms with Crippen molar-refractivity contribution >= 4 is 0 Å². The average molecular weight is 249 g/mol. The van der Waals surface area contributed by atoms with Crippen molar-refractivity contribution in [3.8, 4) is 17.2 Å². The summed E-state index contributed by atoms with van der Waals surface area (Å²) < 4.78 is 0. The summed E-state index contributed by atoms with van der Waals surface area (Å²) >= 11 is 0. The first-order chi connectivity index (χ1) is 9.17. The number of rotatable bonds is 3. The van der Waals surface area contributed by atoms with Crippen LogP contribution in [0.15, 0.2) is 42.5 Å². The molecular weight excluding hydrogens is 230 g/mol. The van der Waals surface area contributed by atoms with Crippen molar-refractivity contribution in [2.75, 3.05) is 0 Å². The van der Waals surface area contributed by atoms with Gasteiger partial charge in [0.25, 0.3) is 0 Å². The van der Waals surface area contributed by atoms with Crippen LogP contribution in [0.3, 0.4) is 0 Å². The van der Waals surface area contributed by atoms with E-state index in [-0.39, 0.29) is 0 Å². The van der Waals surface area contributed by atoms with Gasteiger partial charge in [0, 0.05) is 0 Å². The molecule has 0 atom stereocenters. The van der Waals surface area contributed by atoms with Gasteiger partial charge in [-0.2, -0.15) is 5.26 Å². The molecule has 0 aliphatic heterocycles. The Morgan fingerprint density at radius 3 is 2.32 bits per heavy atom. The molecule has 2 aromatic carbocycles. The Balaban J connectivity index is 2.67. The summed E-state index contributed by atoms with van der Waals surface area (Å²) in [6.45, 7) is 6.41. The van der Waals surface area contributed by atoms with Gasteiger partial charge in [-0.25, -0.2) is 0 Å². The lowest BCUT2D eigenvalue weighted by Crippen LogP contribution is -1.98. The van der Waals surface area contributed by atoms with Gasteiger partial charge in [0.05, 0.1) is 11.6 Å². The molecule has 0 fully saturated rings. The number of benzene rings is 2. The van der Waals surface area contributed by atoms with E-state index in [4.69, 9.17) is 0 Å². The van der Waals surface area contributed by atoms with Crippen molar-refractivity contribution in [2.45, 2.75) is 33.1 Å². The summed E-state index contributed by atoms with van der Waals surface area (Å²) in [6.07, 6.45) is 0.942. The number of nitriles is 1. The molecule has 0 aromatic heterocycles. The van der Waals surface area contributed by atoms with Gasteiger partial charge >= 0.3 is 0 Å². The maximum atomic E-state index is 9.30. The van der Waals surface area contributed by atoms with E-state index in [1.807, 2.05) is 6.07 Å². The highest BCUT2D eigenvalue weighted by atomic mass is 14.3. The second-order valence-electron chi connectivity index (χ2n) is 5.08. The van der Waals surface area contributed by atoms with Gasteiger partial charge in [-0.05, 0) is 46.7 Å². The highest BCUT2D eigenvalue weighted by Gasteiger charge is 2.12. The minimum Gasteiger partial charge on any atom is -0.192 e. The van der Waals surface area contributed by atoms with Crippen LogP contribution in [0.25, 0.3) is 11.1 Å². The Morgan fingerprint density at radius 1 is 1.11 bits per heavy atom. The molecule has 2 rings (SSSR count). The molecule has 0 bridgehead atoms.